The van der Waals surface area contributed by atoms with E-state index >= 15 is 0 Å². The molecule has 0 bridgehead atoms. The highest BCUT2D eigenvalue weighted by molar-refractivity contribution is 5.81. The first-order valence-electron chi connectivity index (χ1n) is 6.64. The zero-order valence-corrected chi connectivity index (χ0v) is 10.8. The van der Waals surface area contributed by atoms with Crippen molar-refractivity contribution in [3.8, 4) is 0 Å². The van der Waals surface area contributed by atoms with E-state index in [4.69, 9.17) is 4.74 Å². The normalized spacial score (nSPS) is 10.9. The van der Waals surface area contributed by atoms with E-state index in [2.05, 4.69) is 6.92 Å². The van der Waals surface area contributed by atoms with Crippen LogP contribution in [0.4, 0.5) is 0 Å². The molecule has 2 heteroatoms. The van der Waals surface area contributed by atoms with Gasteiger partial charge in [0.15, 0.2) is 0 Å². The number of esters is 1. The van der Waals surface area contributed by atoms with Gasteiger partial charge in [-0.2, -0.15) is 0 Å². The van der Waals surface area contributed by atoms with E-state index in [9.17, 15) is 4.79 Å². The van der Waals surface area contributed by atoms with Crippen LogP contribution in [-0.4, -0.2) is 12.6 Å². The van der Waals surface area contributed by atoms with Crippen molar-refractivity contribution in [3.05, 3.63) is 12.2 Å². The smallest absolute Gasteiger partial charge is 0.330 e. The second-order valence-corrected chi connectivity index (χ2v) is 4.06. The molecule has 0 spiro atoms. The molecule has 0 amide bonds. The standard InChI is InChI=1S/C14H26O2/c1-3-5-6-7-8-9-10-11-12-13-14(15)16-4-2/h12-13H,3-11H2,1-2H3/b13-12-. The summed E-state index contributed by atoms with van der Waals surface area (Å²) in [7, 11) is 0. The van der Waals surface area contributed by atoms with Gasteiger partial charge < -0.3 is 4.74 Å². The molecule has 0 saturated carbocycles. The number of hydrogen-bond donors (Lipinski definition) is 0. The fourth-order valence-corrected chi connectivity index (χ4v) is 1.59. The first-order valence-corrected chi connectivity index (χ1v) is 6.64. The van der Waals surface area contributed by atoms with Crippen LogP contribution in [0.25, 0.3) is 0 Å². The number of carbonyl (C=O) groups is 1. The Labute approximate surface area is 100 Å². The molecule has 16 heavy (non-hydrogen) atoms. The maximum Gasteiger partial charge on any atom is 0.330 e. The van der Waals surface area contributed by atoms with Gasteiger partial charge in [0, 0.05) is 6.08 Å². The lowest BCUT2D eigenvalue weighted by molar-refractivity contribution is -0.137. The molecule has 0 rings (SSSR count). The molecule has 0 aromatic rings. The lowest BCUT2D eigenvalue weighted by Gasteiger charge is -1.99. The molecule has 2 nitrogen and oxygen atoms in total. The van der Waals surface area contributed by atoms with Crippen LogP contribution in [0, 0.1) is 0 Å². The Bertz CT molecular complexity index is 185. The van der Waals surface area contributed by atoms with Crippen molar-refractivity contribution in [1.29, 1.82) is 0 Å². The summed E-state index contributed by atoms with van der Waals surface area (Å²) in [5.41, 5.74) is 0. The molecule has 0 saturated heterocycles. The molecule has 0 N–H and O–H groups in total. The molecule has 0 atom stereocenters. The maximum absolute atomic E-state index is 10.9. The number of carbonyl (C=O) groups excluding carboxylic acids is 1. The van der Waals surface area contributed by atoms with Gasteiger partial charge in [-0.05, 0) is 19.8 Å². The Morgan fingerprint density at radius 3 is 2.25 bits per heavy atom. The fourth-order valence-electron chi connectivity index (χ4n) is 1.59. The summed E-state index contributed by atoms with van der Waals surface area (Å²) in [6, 6.07) is 0. The number of ether oxygens (including phenoxy) is 1. The van der Waals surface area contributed by atoms with Gasteiger partial charge in [-0.1, -0.05) is 51.5 Å². The first kappa shape index (κ1) is 15.2. The third-order valence-electron chi connectivity index (χ3n) is 2.51. The summed E-state index contributed by atoms with van der Waals surface area (Å²) >= 11 is 0. The highest BCUT2D eigenvalue weighted by Crippen LogP contribution is 2.08. The van der Waals surface area contributed by atoms with Crippen molar-refractivity contribution >= 4 is 5.97 Å². The molecule has 0 aromatic carbocycles. The molecule has 0 aromatic heterocycles. The van der Waals surface area contributed by atoms with Gasteiger partial charge >= 0.3 is 5.97 Å². The minimum absolute atomic E-state index is 0.217. The predicted octanol–water partition coefficient (Wildman–Crippen LogP) is 4.25. The van der Waals surface area contributed by atoms with Crippen molar-refractivity contribution in [2.75, 3.05) is 6.61 Å². The van der Waals surface area contributed by atoms with Crippen LogP contribution in [0.1, 0.15) is 65.2 Å². The van der Waals surface area contributed by atoms with E-state index in [1.165, 1.54) is 44.9 Å². The minimum Gasteiger partial charge on any atom is -0.463 e. The van der Waals surface area contributed by atoms with Gasteiger partial charge in [-0.15, -0.1) is 0 Å². The van der Waals surface area contributed by atoms with Crippen LogP contribution in [0.5, 0.6) is 0 Å². The molecule has 0 aliphatic rings. The monoisotopic (exact) mass is 226 g/mol. The molecule has 0 fully saturated rings. The Balaban J connectivity index is 3.17. The SMILES string of the molecule is CCCCCCCCC/C=C\C(=O)OCC. The van der Waals surface area contributed by atoms with Crippen molar-refractivity contribution < 1.29 is 9.53 Å². The molecular weight excluding hydrogens is 200 g/mol. The number of allylic oxidation sites excluding steroid dienone is 1. The Hall–Kier alpha value is -0.790. The van der Waals surface area contributed by atoms with E-state index in [0.29, 0.717) is 6.61 Å². The number of unbranched alkanes of at least 4 members (excludes halogenated alkanes) is 7. The molecule has 0 heterocycles. The average Bonchev–Trinajstić information content (AvgIpc) is 2.27. The van der Waals surface area contributed by atoms with Crippen molar-refractivity contribution in [2.24, 2.45) is 0 Å². The van der Waals surface area contributed by atoms with E-state index < -0.39 is 0 Å². The van der Waals surface area contributed by atoms with Gasteiger partial charge in [-0.25, -0.2) is 4.79 Å². The largest absolute Gasteiger partial charge is 0.463 e. The highest BCUT2D eigenvalue weighted by atomic mass is 16.5. The van der Waals surface area contributed by atoms with E-state index in [1.807, 2.05) is 13.0 Å². The molecule has 0 aliphatic heterocycles. The lowest BCUT2D eigenvalue weighted by Crippen LogP contribution is -1.98. The van der Waals surface area contributed by atoms with E-state index in [-0.39, 0.29) is 5.97 Å². The molecule has 0 aliphatic carbocycles. The van der Waals surface area contributed by atoms with Crippen LogP contribution in [0.2, 0.25) is 0 Å². The third-order valence-corrected chi connectivity index (χ3v) is 2.51. The summed E-state index contributed by atoms with van der Waals surface area (Å²) in [6.07, 6.45) is 13.6. The molecule has 0 unspecified atom stereocenters. The Morgan fingerprint density at radius 1 is 1.00 bits per heavy atom. The number of rotatable bonds is 10. The predicted molar refractivity (Wildman–Crippen MR) is 68.4 cm³/mol. The highest BCUT2D eigenvalue weighted by Gasteiger charge is 1.92. The Kier molecular flexibility index (Phi) is 11.7. The van der Waals surface area contributed by atoms with Gasteiger partial charge in [0.05, 0.1) is 6.61 Å². The summed E-state index contributed by atoms with van der Waals surface area (Å²) in [5.74, 6) is -0.217. The molecular formula is C14H26O2. The third kappa shape index (κ3) is 11.3. The van der Waals surface area contributed by atoms with Crippen molar-refractivity contribution in [1.82, 2.24) is 0 Å². The van der Waals surface area contributed by atoms with Crippen molar-refractivity contribution in [2.45, 2.75) is 65.2 Å². The van der Waals surface area contributed by atoms with Gasteiger partial charge in [0.2, 0.25) is 0 Å². The van der Waals surface area contributed by atoms with Crippen LogP contribution in [-0.2, 0) is 9.53 Å². The van der Waals surface area contributed by atoms with Gasteiger partial charge in [0.25, 0.3) is 0 Å². The number of hydrogen-bond acceptors (Lipinski definition) is 2. The second kappa shape index (κ2) is 12.3. The fraction of sp³-hybridized carbons (Fsp3) is 0.786. The lowest BCUT2D eigenvalue weighted by atomic mass is 10.1. The summed E-state index contributed by atoms with van der Waals surface area (Å²) < 4.78 is 4.79. The van der Waals surface area contributed by atoms with Crippen LogP contribution in [0.3, 0.4) is 0 Å². The van der Waals surface area contributed by atoms with Crippen molar-refractivity contribution in [3.63, 3.8) is 0 Å². The molecule has 0 radical (unpaired) electrons. The second-order valence-electron chi connectivity index (χ2n) is 4.06. The van der Waals surface area contributed by atoms with Gasteiger partial charge in [0.1, 0.15) is 0 Å². The van der Waals surface area contributed by atoms with E-state index in [1.54, 1.807) is 6.08 Å². The minimum atomic E-state index is -0.217. The van der Waals surface area contributed by atoms with Crippen LogP contribution in [0.15, 0.2) is 12.2 Å². The maximum atomic E-state index is 10.9. The van der Waals surface area contributed by atoms with Gasteiger partial charge in [-0.3, -0.25) is 0 Å². The Morgan fingerprint density at radius 2 is 1.62 bits per heavy atom. The van der Waals surface area contributed by atoms with Crippen LogP contribution >= 0.6 is 0 Å². The zero-order valence-electron chi connectivity index (χ0n) is 10.8. The summed E-state index contributed by atoms with van der Waals surface area (Å²) in [5, 5.41) is 0. The van der Waals surface area contributed by atoms with Crippen LogP contribution < -0.4 is 0 Å². The van der Waals surface area contributed by atoms with E-state index in [0.717, 1.165) is 6.42 Å². The zero-order chi connectivity index (χ0) is 12.1. The first-order chi connectivity index (χ1) is 7.81. The average molecular weight is 226 g/mol. The quantitative estimate of drug-likeness (QED) is 0.316. The summed E-state index contributed by atoms with van der Waals surface area (Å²) in [4.78, 5) is 10.9. The summed E-state index contributed by atoms with van der Waals surface area (Å²) in [6.45, 7) is 4.52. The topological polar surface area (TPSA) is 26.3 Å². The molecule has 94 valence electrons.